The van der Waals surface area contributed by atoms with Gasteiger partial charge in [-0.15, -0.1) is 0 Å². The summed E-state index contributed by atoms with van der Waals surface area (Å²) < 4.78 is 74.3. The molecule has 1 aliphatic rings. The molecule has 1 N–H and O–H groups in total. The van der Waals surface area contributed by atoms with Crippen LogP contribution in [0.25, 0.3) is 0 Å². The van der Waals surface area contributed by atoms with Crippen LogP contribution in [0.2, 0.25) is 0 Å². The molecule has 0 saturated heterocycles. The second-order valence-corrected chi connectivity index (χ2v) is 5.97. The van der Waals surface area contributed by atoms with E-state index in [-0.39, 0.29) is 6.54 Å². The SMILES string of the molecule is O=C(NCCCCN1CCc2ccc(C(F)(F)F)cc2C1)C(F)(F)F. The first-order valence-corrected chi connectivity index (χ1v) is 7.84. The number of hydrogen-bond donors (Lipinski definition) is 1. The van der Waals surface area contributed by atoms with Crippen LogP contribution >= 0.6 is 0 Å². The molecule has 0 aliphatic carbocycles. The quantitative estimate of drug-likeness (QED) is 0.637. The zero-order valence-electron chi connectivity index (χ0n) is 13.3. The lowest BCUT2D eigenvalue weighted by Gasteiger charge is -2.29. The molecule has 0 radical (unpaired) electrons. The van der Waals surface area contributed by atoms with Crippen molar-refractivity contribution < 1.29 is 31.1 Å². The summed E-state index contributed by atoms with van der Waals surface area (Å²) in [5.74, 6) is -1.96. The Labute approximate surface area is 141 Å². The number of carbonyl (C=O) groups excluding carboxylic acids is 1. The van der Waals surface area contributed by atoms with Crippen LogP contribution in [0, 0.1) is 0 Å². The van der Waals surface area contributed by atoms with Crippen LogP contribution in [-0.2, 0) is 23.9 Å². The Hall–Kier alpha value is -1.77. The monoisotopic (exact) mass is 368 g/mol. The Morgan fingerprint density at radius 1 is 1.08 bits per heavy atom. The topological polar surface area (TPSA) is 32.3 Å². The average Bonchev–Trinajstić information content (AvgIpc) is 2.51. The van der Waals surface area contributed by atoms with Crippen molar-refractivity contribution in [2.75, 3.05) is 19.6 Å². The van der Waals surface area contributed by atoms with E-state index >= 15 is 0 Å². The van der Waals surface area contributed by atoms with E-state index in [4.69, 9.17) is 0 Å². The third-order valence-corrected chi connectivity index (χ3v) is 4.07. The Bertz CT molecular complexity index is 612. The molecule has 9 heteroatoms. The lowest BCUT2D eigenvalue weighted by atomic mass is 9.97. The molecule has 0 bridgehead atoms. The van der Waals surface area contributed by atoms with Gasteiger partial charge in [-0.05, 0) is 49.1 Å². The number of carbonyl (C=O) groups is 1. The molecule has 0 atom stereocenters. The van der Waals surface area contributed by atoms with Crippen molar-refractivity contribution in [3.05, 3.63) is 34.9 Å². The highest BCUT2D eigenvalue weighted by Gasteiger charge is 2.38. The van der Waals surface area contributed by atoms with Gasteiger partial charge in [0.25, 0.3) is 0 Å². The van der Waals surface area contributed by atoms with Crippen molar-refractivity contribution in [1.82, 2.24) is 10.2 Å². The van der Waals surface area contributed by atoms with Crippen molar-refractivity contribution in [1.29, 1.82) is 0 Å². The van der Waals surface area contributed by atoms with Crippen LogP contribution in [0.4, 0.5) is 26.3 Å². The van der Waals surface area contributed by atoms with Crippen molar-refractivity contribution in [3.8, 4) is 0 Å². The molecule has 3 nitrogen and oxygen atoms in total. The van der Waals surface area contributed by atoms with Gasteiger partial charge in [-0.1, -0.05) is 6.07 Å². The van der Waals surface area contributed by atoms with Crippen molar-refractivity contribution in [2.24, 2.45) is 0 Å². The van der Waals surface area contributed by atoms with Crippen LogP contribution < -0.4 is 5.32 Å². The molecule has 1 amide bonds. The number of nitrogens with zero attached hydrogens (tertiary/aromatic N) is 1. The number of rotatable bonds is 5. The number of benzene rings is 1. The largest absolute Gasteiger partial charge is 0.471 e. The normalized spacial score (nSPS) is 15.8. The van der Waals surface area contributed by atoms with Gasteiger partial charge in [0.05, 0.1) is 5.56 Å². The summed E-state index contributed by atoms with van der Waals surface area (Å²) in [6.45, 7) is 1.54. The van der Waals surface area contributed by atoms with E-state index in [1.807, 2.05) is 4.90 Å². The second kappa shape index (κ2) is 7.63. The third-order valence-electron chi connectivity index (χ3n) is 4.07. The molecule has 0 saturated carbocycles. The third kappa shape index (κ3) is 5.62. The molecular formula is C16H18F6N2O. The summed E-state index contributed by atoms with van der Waals surface area (Å²) in [4.78, 5) is 12.6. The minimum absolute atomic E-state index is 0.0823. The van der Waals surface area contributed by atoms with E-state index in [0.717, 1.165) is 17.7 Å². The molecule has 0 fully saturated rings. The summed E-state index contributed by atoms with van der Waals surface area (Å²) in [7, 11) is 0. The van der Waals surface area contributed by atoms with E-state index in [0.29, 0.717) is 44.5 Å². The predicted molar refractivity (Wildman–Crippen MR) is 78.7 cm³/mol. The molecule has 1 aromatic rings. The molecule has 140 valence electrons. The highest BCUT2D eigenvalue weighted by atomic mass is 19.4. The fourth-order valence-electron chi connectivity index (χ4n) is 2.75. The Kier molecular flexibility index (Phi) is 5.97. The molecule has 1 aromatic carbocycles. The summed E-state index contributed by atoms with van der Waals surface area (Å²) >= 11 is 0. The van der Waals surface area contributed by atoms with Crippen molar-refractivity contribution in [3.63, 3.8) is 0 Å². The van der Waals surface area contributed by atoms with Crippen molar-refractivity contribution in [2.45, 2.75) is 38.2 Å². The molecule has 25 heavy (non-hydrogen) atoms. The van der Waals surface area contributed by atoms with Crippen molar-refractivity contribution >= 4 is 5.91 Å². The molecule has 2 rings (SSSR count). The van der Waals surface area contributed by atoms with E-state index in [2.05, 4.69) is 0 Å². The van der Waals surface area contributed by atoms with E-state index in [1.54, 1.807) is 5.32 Å². The van der Waals surface area contributed by atoms with Gasteiger partial charge in [-0.3, -0.25) is 9.69 Å². The zero-order chi connectivity index (χ0) is 18.7. The van der Waals surface area contributed by atoms with Crippen LogP contribution in [0.5, 0.6) is 0 Å². The van der Waals surface area contributed by atoms with Gasteiger partial charge in [-0.2, -0.15) is 26.3 Å². The van der Waals surface area contributed by atoms with Gasteiger partial charge >= 0.3 is 18.3 Å². The number of halogens is 6. The Morgan fingerprint density at radius 3 is 2.44 bits per heavy atom. The van der Waals surface area contributed by atoms with E-state index in [9.17, 15) is 31.1 Å². The molecule has 0 spiro atoms. The second-order valence-electron chi connectivity index (χ2n) is 5.97. The van der Waals surface area contributed by atoms with Gasteiger partial charge in [0.2, 0.25) is 0 Å². The smallest absolute Gasteiger partial charge is 0.348 e. The number of hydrogen-bond acceptors (Lipinski definition) is 2. The first kappa shape index (κ1) is 19.6. The molecule has 1 aliphatic heterocycles. The highest BCUT2D eigenvalue weighted by molar-refractivity contribution is 5.81. The van der Waals surface area contributed by atoms with Gasteiger partial charge in [-0.25, -0.2) is 0 Å². The average molecular weight is 368 g/mol. The summed E-state index contributed by atoms with van der Waals surface area (Å²) in [5.41, 5.74) is 0.844. The highest BCUT2D eigenvalue weighted by Crippen LogP contribution is 2.32. The maximum Gasteiger partial charge on any atom is 0.471 e. The van der Waals surface area contributed by atoms with E-state index in [1.165, 1.54) is 6.07 Å². The number of amides is 1. The minimum atomic E-state index is -4.88. The Balaban J connectivity index is 1.78. The molecule has 0 aromatic heterocycles. The fraction of sp³-hybridized carbons (Fsp3) is 0.562. The minimum Gasteiger partial charge on any atom is -0.348 e. The van der Waals surface area contributed by atoms with Crippen LogP contribution in [-0.4, -0.2) is 36.6 Å². The van der Waals surface area contributed by atoms with Gasteiger partial charge in [0.15, 0.2) is 0 Å². The predicted octanol–water partition coefficient (Wildman–Crippen LogP) is 3.52. The lowest BCUT2D eigenvalue weighted by molar-refractivity contribution is -0.173. The standard InChI is InChI=1S/C16H18F6N2O/c17-15(18,19)13-4-3-11-5-8-24(10-12(11)9-13)7-2-1-6-23-14(25)16(20,21)22/h3-4,9H,1-2,5-8,10H2,(H,23,25). The number of alkyl halides is 6. The maximum absolute atomic E-state index is 12.8. The first-order valence-electron chi connectivity index (χ1n) is 7.84. The molecule has 1 heterocycles. The van der Waals surface area contributed by atoms with Gasteiger partial charge in [0.1, 0.15) is 0 Å². The first-order chi connectivity index (χ1) is 11.6. The maximum atomic E-state index is 12.8. The molecular weight excluding hydrogens is 350 g/mol. The summed E-state index contributed by atoms with van der Waals surface area (Å²) in [6, 6.07) is 3.74. The van der Waals surface area contributed by atoms with Crippen LogP contribution in [0.3, 0.4) is 0 Å². The Morgan fingerprint density at radius 2 is 1.80 bits per heavy atom. The summed E-state index contributed by atoms with van der Waals surface area (Å²) in [6.07, 6.45) is -7.71. The van der Waals surface area contributed by atoms with E-state index < -0.39 is 23.8 Å². The van der Waals surface area contributed by atoms with Crippen LogP contribution in [0.15, 0.2) is 18.2 Å². The number of unbranched alkanes of at least 4 members (excludes halogenated alkanes) is 1. The van der Waals surface area contributed by atoms with Gasteiger partial charge < -0.3 is 5.32 Å². The fourth-order valence-corrected chi connectivity index (χ4v) is 2.75. The number of nitrogens with one attached hydrogen (secondary N) is 1. The number of fused-ring (bicyclic) bond motifs is 1. The zero-order valence-corrected chi connectivity index (χ0v) is 13.3. The van der Waals surface area contributed by atoms with Crippen LogP contribution in [0.1, 0.15) is 29.5 Å². The van der Waals surface area contributed by atoms with Gasteiger partial charge in [0, 0.05) is 19.6 Å². The lowest BCUT2D eigenvalue weighted by Crippen LogP contribution is -2.37. The summed E-state index contributed by atoms with van der Waals surface area (Å²) in [5, 5.41) is 1.79. The molecule has 0 unspecified atom stereocenters.